The summed E-state index contributed by atoms with van der Waals surface area (Å²) in [4.78, 5) is 26.5. The van der Waals surface area contributed by atoms with Crippen molar-refractivity contribution in [2.24, 2.45) is 0 Å². The third-order valence-electron chi connectivity index (χ3n) is 5.21. The van der Waals surface area contributed by atoms with Gasteiger partial charge >= 0.3 is 5.97 Å². The van der Waals surface area contributed by atoms with E-state index in [1.54, 1.807) is 0 Å². The van der Waals surface area contributed by atoms with Crippen molar-refractivity contribution in [1.82, 2.24) is 5.32 Å². The lowest BCUT2D eigenvalue weighted by molar-refractivity contribution is -0.137. The minimum Gasteiger partial charge on any atom is -0.481 e. The Hall–Kier alpha value is -2.82. The Balaban J connectivity index is 1.78. The highest BCUT2D eigenvalue weighted by Gasteiger charge is 2.22. The van der Waals surface area contributed by atoms with Gasteiger partial charge in [0.15, 0.2) is 0 Å². The van der Waals surface area contributed by atoms with E-state index in [-0.39, 0.29) is 18.4 Å². The van der Waals surface area contributed by atoms with E-state index in [4.69, 9.17) is 5.11 Å². The molecule has 1 heterocycles. The number of carboxylic acid groups (broad SMARTS) is 1. The molecule has 1 aliphatic rings. The van der Waals surface area contributed by atoms with Gasteiger partial charge in [-0.2, -0.15) is 0 Å². The maximum absolute atomic E-state index is 13.1. The average Bonchev–Trinajstić information content (AvgIpc) is 3.21. The van der Waals surface area contributed by atoms with Crippen LogP contribution < -0.4 is 10.2 Å². The van der Waals surface area contributed by atoms with Crippen LogP contribution >= 0.6 is 0 Å². The molecule has 1 fully saturated rings. The van der Waals surface area contributed by atoms with E-state index < -0.39 is 5.97 Å². The number of anilines is 1. The molecule has 5 heteroatoms. The van der Waals surface area contributed by atoms with Crippen molar-refractivity contribution in [3.8, 4) is 0 Å². The van der Waals surface area contributed by atoms with Crippen LogP contribution in [0.15, 0.2) is 48.5 Å². The normalized spacial score (nSPS) is 14.7. The van der Waals surface area contributed by atoms with Crippen molar-refractivity contribution < 1.29 is 14.7 Å². The minimum absolute atomic E-state index is 0.0323. The first-order valence-corrected chi connectivity index (χ1v) is 9.95. The summed E-state index contributed by atoms with van der Waals surface area (Å²) in [6.07, 6.45) is 3.34. The lowest BCUT2D eigenvalue weighted by atomic mass is 10.0. The molecule has 0 radical (unpaired) electrons. The Morgan fingerprint density at radius 3 is 2.50 bits per heavy atom. The van der Waals surface area contributed by atoms with Crippen molar-refractivity contribution in [2.75, 3.05) is 18.0 Å². The number of carbonyl (C=O) groups is 2. The van der Waals surface area contributed by atoms with Gasteiger partial charge in [-0.05, 0) is 50.3 Å². The summed E-state index contributed by atoms with van der Waals surface area (Å²) < 4.78 is 0. The molecular weight excluding hydrogens is 352 g/mol. The van der Waals surface area contributed by atoms with Gasteiger partial charge in [-0.25, -0.2) is 0 Å². The molecular formula is C23H28N2O3. The number of carboxylic acids is 1. The van der Waals surface area contributed by atoms with Crippen LogP contribution in [0.1, 0.15) is 47.2 Å². The Labute approximate surface area is 166 Å². The molecule has 1 aliphatic heterocycles. The third-order valence-corrected chi connectivity index (χ3v) is 5.21. The number of aliphatic carboxylic acids is 1. The number of aryl methyl sites for hydroxylation is 1. The number of nitrogens with one attached hydrogen (secondary N) is 1. The summed E-state index contributed by atoms with van der Waals surface area (Å²) in [5.41, 5.74) is 3.77. The van der Waals surface area contributed by atoms with Gasteiger partial charge < -0.3 is 15.3 Å². The van der Waals surface area contributed by atoms with Crippen LogP contribution in [0.5, 0.6) is 0 Å². The fourth-order valence-corrected chi connectivity index (χ4v) is 3.75. The van der Waals surface area contributed by atoms with Gasteiger partial charge in [0.1, 0.15) is 0 Å². The second kappa shape index (κ2) is 9.40. The van der Waals surface area contributed by atoms with Crippen LogP contribution in [-0.2, 0) is 11.2 Å². The molecule has 0 spiro atoms. The number of carbonyl (C=O) groups excluding carboxylic acids is 1. The Bertz CT molecular complexity index is 814. The molecule has 0 saturated carbocycles. The molecule has 148 valence electrons. The smallest absolute Gasteiger partial charge is 0.303 e. The van der Waals surface area contributed by atoms with E-state index in [0.717, 1.165) is 42.7 Å². The zero-order valence-corrected chi connectivity index (χ0v) is 16.4. The summed E-state index contributed by atoms with van der Waals surface area (Å²) >= 11 is 0. The van der Waals surface area contributed by atoms with Crippen molar-refractivity contribution in [2.45, 2.75) is 45.1 Å². The van der Waals surface area contributed by atoms with E-state index in [0.29, 0.717) is 18.4 Å². The van der Waals surface area contributed by atoms with Crippen LogP contribution in [0.2, 0.25) is 0 Å². The van der Waals surface area contributed by atoms with Gasteiger partial charge in [0.05, 0.1) is 5.56 Å². The molecule has 28 heavy (non-hydrogen) atoms. The molecule has 1 unspecified atom stereocenters. The summed E-state index contributed by atoms with van der Waals surface area (Å²) in [6.45, 7) is 3.92. The molecule has 2 aromatic rings. The highest BCUT2D eigenvalue weighted by molar-refractivity contribution is 6.00. The maximum atomic E-state index is 13.1. The highest BCUT2D eigenvalue weighted by atomic mass is 16.4. The molecule has 1 saturated heterocycles. The molecule has 3 rings (SSSR count). The molecule has 1 atom stereocenters. The fraction of sp³-hybridized carbons (Fsp3) is 0.391. The van der Waals surface area contributed by atoms with Crippen molar-refractivity contribution in [3.05, 3.63) is 65.2 Å². The van der Waals surface area contributed by atoms with Crippen molar-refractivity contribution in [1.29, 1.82) is 0 Å². The van der Waals surface area contributed by atoms with E-state index in [2.05, 4.69) is 10.2 Å². The molecule has 0 bridgehead atoms. The molecule has 0 aromatic heterocycles. The zero-order chi connectivity index (χ0) is 19.9. The topological polar surface area (TPSA) is 69.6 Å². The van der Waals surface area contributed by atoms with E-state index in [1.807, 2.05) is 55.5 Å². The van der Waals surface area contributed by atoms with Gasteiger partial charge in [-0.1, -0.05) is 42.0 Å². The van der Waals surface area contributed by atoms with Gasteiger partial charge in [0.2, 0.25) is 0 Å². The lowest BCUT2D eigenvalue weighted by Gasteiger charge is -2.24. The molecule has 0 aliphatic carbocycles. The first-order valence-electron chi connectivity index (χ1n) is 9.95. The molecule has 5 nitrogen and oxygen atoms in total. The number of hydrogen-bond donors (Lipinski definition) is 2. The highest BCUT2D eigenvalue weighted by Crippen LogP contribution is 2.26. The van der Waals surface area contributed by atoms with Crippen molar-refractivity contribution in [3.63, 3.8) is 0 Å². The largest absolute Gasteiger partial charge is 0.481 e. The van der Waals surface area contributed by atoms with Crippen LogP contribution in [0.3, 0.4) is 0 Å². The Kier molecular flexibility index (Phi) is 6.69. The number of rotatable bonds is 8. The number of amides is 1. The lowest BCUT2D eigenvalue weighted by Crippen LogP contribution is -2.37. The maximum Gasteiger partial charge on any atom is 0.303 e. The second-order valence-corrected chi connectivity index (χ2v) is 7.51. The van der Waals surface area contributed by atoms with Crippen LogP contribution in [0, 0.1) is 6.92 Å². The Morgan fingerprint density at radius 2 is 1.82 bits per heavy atom. The van der Waals surface area contributed by atoms with Gasteiger partial charge in [-0.15, -0.1) is 0 Å². The van der Waals surface area contributed by atoms with Crippen LogP contribution in [-0.4, -0.2) is 36.1 Å². The molecule has 1 amide bonds. The van der Waals surface area contributed by atoms with Gasteiger partial charge in [0.25, 0.3) is 5.91 Å². The van der Waals surface area contributed by atoms with Crippen LogP contribution in [0.4, 0.5) is 5.69 Å². The van der Waals surface area contributed by atoms with Crippen LogP contribution in [0.25, 0.3) is 0 Å². The van der Waals surface area contributed by atoms with E-state index in [9.17, 15) is 9.59 Å². The first-order chi connectivity index (χ1) is 13.5. The number of benzene rings is 2. The third kappa shape index (κ3) is 5.35. The predicted molar refractivity (Wildman–Crippen MR) is 111 cm³/mol. The minimum atomic E-state index is -0.847. The standard InChI is InChI=1S/C23H28N2O3/c1-17-9-11-21(25-13-5-6-14-25)20(15-17)23(28)24-19(10-12-22(26)27)16-18-7-3-2-4-8-18/h2-4,7-9,11,15,19H,5-6,10,12-14,16H2,1H3,(H,24,28)(H,26,27). The Morgan fingerprint density at radius 1 is 1.11 bits per heavy atom. The van der Waals surface area contributed by atoms with E-state index in [1.165, 1.54) is 0 Å². The monoisotopic (exact) mass is 380 g/mol. The molecule has 2 aromatic carbocycles. The summed E-state index contributed by atoms with van der Waals surface area (Å²) in [6, 6.07) is 15.6. The first kappa shape index (κ1) is 19.9. The zero-order valence-electron chi connectivity index (χ0n) is 16.4. The quantitative estimate of drug-likeness (QED) is 0.731. The number of hydrogen-bond acceptors (Lipinski definition) is 3. The predicted octanol–water partition coefficient (Wildman–Crippen LogP) is 3.80. The summed E-state index contributed by atoms with van der Waals surface area (Å²) in [5, 5.41) is 12.2. The second-order valence-electron chi connectivity index (χ2n) is 7.51. The SMILES string of the molecule is Cc1ccc(N2CCCC2)c(C(=O)NC(CCC(=O)O)Cc2ccccc2)c1. The van der Waals surface area contributed by atoms with Gasteiger partial charge in [-0.3, -0.25) is 9.59 Å². The average molecular weight is 380 g/mol. The fourth-order valence-electron chi connectivity index (χ4n) is 3.75. The van der Waals surface area contributed by atoms with E-state index >= 15 is 0 Å². The molecule has 2 N–H and O–H groups in total. The summed E-state index contributed by atoms with van der Waals surface area (Å²) in [5.74, 6) is -0.974. The summed E-state index contributed by atoms with van der Waals surface area (Å²) in [7, 11) is 0. The number of nitrogens with zero attached hydrogens (tertiary/aromatic N) is 1. The van der Waals surface area contributed by atoms with Crippen molar-refractivity contribution >= 4 is 17.6 Å². The van der Waals surface area contributed by atoms with Gasteiger partial charge in [0, 0.05) is 31.2 Å².